The number of rotatable bonds is 7. The summed E-state index contributed by atoms with van der Waals surface area (Å²) >= 11 is 3.30. The van der Waals surface area contributed by atoms with E-state index in [1.807, 2.05) is 19.1 Å². The Bertz CT molecular complexity index is 935. The van der Waals surface area contributed by atoms with Crippen molar-refractivity contribution in [1.29, 1.82) is 0 Å². The first-order valence-electron chi connectivity index (χ1n) is 8.24. The van der Waals surface area contributed by atoms with E-state index in [2.05, 4.69) is 51.8 Å². The quantitative estimate of drug-likeness (QED) is 0.497. The van der Waals surface area contributed by atoms with Crippen LogP contribution < -0.4 is 16.0 Å². The van der Waals surface area contributed by atoms with Gasteiger partial charge in [-0.1, -0.05) is 0 Å². The normalized spacial score (nSPS) is 10.3. The molecule has 0 bridgehead atoms. The zero-order valence-corrected chi connectivity index (χ0v) is 16.2. The number of pyridine rings is 2. The number of hydrogen-bond acceptors (Lipinski definition) is 7. The second-order valence-corrected chi connectivity index (χ2v) is 6.62. The standard InChI is InChI=1S/C18H18BrN7O/c1-12-2-3-21-16(6-12)26-17-8-15(24-11-25-17)22-4-5-23-18(27)13-7-14(19)10-20-9-13/h2-3,6-11H,4-5H2,1H3,(H,23,27)(H2,21,22,24,25,26). The molecule has 0 atom stereocenters. The number of halogens is 1. The lowest BCUT2D eigenvalue weighted by atomic mass is 10.3. The highest BCUT2D eigenvalue weighted by atomic mass is 79.9. The van der Waals surface area contributed by atoms with Crippen LogP contribution in [0.3, 0.4) is 0 Å². The summed E-state index contributed by atoms with van der Waals surface area (Å²) in [5.41, 5.74) is 1.61. The first-order chi connectivity index (χ1) is 13.1. The molecule has 0 aliphatic carbocycles. The van der Waals surface area contributed by atoms with Gasteiger partial charge in [0.25, 0.3) is 5.91 Å². The van der Waals surface area contributed by atoms with Crippen LogP contribution >= 0.6 is 15.9 Å². The van der Waals surface area contributed by atoms with Crippen LogP contribution in [0.1, 0.15) is 15.9 Å². The number of aromatic nitrogens is 4. The first-order valence-corrected chi connectivity index (χ1v) is 9.04. The number of carbonyl (C=O) groups excluding carboxylic acids is 1. The molecule has 3 aromatic heterocycles. The number of amides is 1. The van der Waals surface area contributed by atoms with E-state index in [1.54, 1.807) is 24.5 Å². The van der Waals surface area contributed by atoms with Crippen LogP contribution in [0.15, 0.2) is 53.7 Å². The summed E-state index contributed by atoms with van der Waals surface area (Å²) in [6.45, 7) is 2.96. The highest BCUT2D eigenvalue weighted by Crippen LogP contribution is 2.15. The molecule has 0 saturated heterocycles. The maximum absolute atomic E-state index is 12.1. The fourth-order valence-electron chi connectivity index (χ4n) is 2.26. The van der Waals surface area contributed by atoms with Crippen LogP contribution in [-0.2, 0) is 0 Å². The molecule has 1 amide bonds. The van der Waals surface area contributed by atoms with Gasteiger partial charge in [0.05, 0.1) is 5.56 Å². The lowest BCUT2D eigenvalue weighted by Crippen LogP contribution is -2.29. The minimum absolute atomic E-state index is 0.179. The molecule has 3 heterocycles. The second-order valence-electron chi connectivity index (χ2n) is 5.71. The van der Waals surface area contributed by atoms with Crippen LogP contribution in [0.2, 0.25) is 0 Å². The average molecular weight is 428 g/mol. The van der Waals surface area contributed by atoms with Gasteiger partial charge in [-0.25, -0.2) is 15.0 Å². The van der Waals surface area contributed by atoms with Gasteiger partial charge >= 0.3 is 0 Å². The van der Waals surface area contributed by atoms with Gasteiger partial charge in [-0.2, -0.15) is 0 Å². The molecule has 0 aliphatic heterocycles. The molecule has 0 fully saturated rings. The Morgan fingerprint density at radius 2 is 1.85 bits per heavy atom. The maximum atomic E-state index is 12.1. The number of nitrogens with zero attached hydrogens (tertiary/aromatic N) is 4. The molecule has 3 aromatic rings. The molecule has 3 N–H and O–H groups in total. The molecule has 0 unspecified atom stereocenters. The van der Waals surface area contributed by atoms with Gasteiger partial charge in [0.15, 0.2) is 0 Å². The summed E-state index contributed by atoms with van der Waals surface area (Å²) in [6, 6.07) is 7.36. The van der Waals surface area contributed by atoms with Crippen molar-refractivity contribution in [1.82, 2.24) is 25.3 Å². The van der Waals surface area contributed by atoms with E-state index in [0.29, 0.717) is 30.3 Å². The van der Waals surface area contributed by atoms with Crippen molar-refractivity contribution in [3.63, 3.8) is 0 Å². The predicted molar refractivity (Wildman–Crippen MR) is 107 cm³/mol. The lowest BCUT2D eigenvalue weighted by molar-refractivity contribution is 0.0954. The lowest BCUT2D eigenvalue weighted by Gasteiger charge is -2.09. The largest absolute Gasteiger partial charge is 0.368 e. The Labute approximate surface area is 165 Å². The van der Waals surface area contributed by atoms with Crippen molar-refractivity contribution < 1.29 is 4.79 Å². The van der Waals surface area contributed by atoms with Gasteiger partial charge in [0.2, 0.25) is 0 Å². The van der Waals surface area contributed by atoms with Gasteiger partial charge in [-0.05, 0) is 46.6 Å². The zero-order chi connectivity index (χ0) is 19.1. The summed E-state index contributed by atoms with van der Waals surface area (Å²) < 4.78 is 0.761. The topological polar surface area (TPSA) is 105 Å². The van der Waals surface area contributed by atoms with E-state index in [4.69, 9.17) is 0 Å². The van der Waals surface area contributed by atoms with Gasteiger partial charge < -0.3 is 16.0 Å². The Hall–Kier alpha value is -3.07. The SMILES string of the molecule is Cc1ccnc(Nc2cc(NCCNC(=O)c3cncc(Br)c3)ncn2)c1. The van der Waals surface area contributed by atoms with Crippen molar-refractivity contribution in [2.75, 3.05) is 23.7 Å². The average Bonchev–Trinajstić information content (AvgIpc) is 2.65. The molecule has 0 aromatic carbocycles. The minimum atomic E-state index is -0.179. The Morgan fingerprint density at radius 1 is 1.04 bits per heavy atom. The van der Waals surface area contributed by atoms with E-state index < -0.39 is 0 Å². The minimum Gasteiger partial charge on any atom is -0.368 e. The van der Waals surface area contributed by atoms with Gasteiger partial charge in [-0.15, -0.1) is 0 Å². The van der Waals surface area contributed by atoms with Crippen LogP contribution in [0.25, 0.3) is 0 Å². The third-order valence-electron chi connectivity index (χ3n) is 3.52. The number of carbonyl (C=O) groups is 1. The second kappa shape index (κ2) is 9.04. The summed E-state index contributed by atoms with van der Waals surface area (Å²) in [7, 11) is 0. The molecular weight excluding hydrogens is 410 g/mol. The molecule has 138 valence electrons. The Morgan fingerprint density at radius 3 is 2.67 bits per heavy atom. The molecule has 0 spiro atoms. The third-order valence-corrected chi connectivity index (χ3v) is 3.96. The van der Waals surface area contributed by atoms with Gasteiger partial charge in [-0.3, -0.25) is 9.78 Å². The highest BCUT2D eigenvalue weighted by molar-refractivity contribution is 9.10. The van der Waals surface area contributed by atoms with Gasteiger partial charge in [0, 0.05) is 42.2 Å². The number of aryl methyl sites for hydroxylation is 1. The number of hydrogen-bond donors (Lipinski definition) is 3. The van der Waals surface area contributed by atoms with Crippen molar-refractivity contribution in [3.8, 4) is 0 Å². The number of anilines is 3. The molecule has 0 aliphatic rings. The molecule has 0 radical (unpaired) electrons. The van der Waals surface area contributed by atoms with Crippen LogP contribution in [0.5, 0.6) is 0 Å². The van der Waals surface area contributed by atoms with Gasteiger partial charge in [0.1, 0.15) is 23.8 Å². The molecule has 0 saturated carbocycles. The molecule has 27 heavy (non-hydrogen) atoms. The predicted octanol–water partition coefficient (Wildman–Crippen LogP) is 2.92. The maximum Gasteiger partial charge on any atom is 0.252 e. The molecule has 8 nitrogen and oxygen atoms in total. The molecule has 3 rings (SSSR count). The summed E-state index contributed by atoms with van der Waals surface area (Å²) in [5.74, 6) is 1.82. The molecular formula is C18H18BrN7O. The summed E-state index contributed by atoms with van der Waals surface area (Å²) in [5, 5.41) is 9.11. The van der Waals surface area contributed by atoms with Crippen LogP contribution in [0, 0.1) is 6.92 Å². The van der Waals surface area contributed by atoms with Crippen molar-refractivity contribution >= 4 is 39.3 Å². The monoisotopic (exact) mass is 427 g/mol. The summed E-state index contributed by atoms with van der Waals surface area (Å²) in [6.07, 6.45) is 6.36. The number of nitrogens with one attached hydrogen (secondary N) is 3. The van der Waals surface area contributed by atoms with E-state index >= 15 is 0 Å². The van der Waals surface area contributed by atoms with Crippen molar-refractivity contribution in [2.45, 2.75) is 6.92 Å². The Balaban J connectivity index is 1.49. The van der Waals surface area contributed by atoms with Crippen molar-refractivity contribution in [2.24, 2.45) is 0 Å². The molecule has 9 heteroatoms. The first kappa shape index (κ1) is 18.7. The fraction of sp³-hybridized carbons (Fsp3) is 0.167. The van der Waals surface area contributed by atoms with Crippen molar-refractivity contribution in [3.05, 3.63) is 64.8 Å². The third kappa shape index (κ3) is 5.71. The van der Waals surface area contributed by atoms with E-state index in [9.17, 15) is 4.79 Å². The Kier molecular flexibility index (Phi) is 6.26. The van der Waals surface area contributed by atoms with Crippen LogP contribution in [0.4, 0.5) is 17.5 Å². The van der Waals surface area contributed by atoms with Crippen LogP contribution in [-0.4, -0.2) is 38.9 Å². The van der Waals surface area contributed by atoms with E-state index in [1.165, 1.54) is 12.5 Å². The fourth-order valence-corrected chi connectivity index (χ4v) is 2.63. The smallest absolute Gasteiger partial charge is 0.252 e. The van der Waals surface area contributed by atoms with E-state index in [0.717, 1.165) is 15.9 Å². The highest BCUT2D eigenvalue weighted by Gasteiger charge is 2.06. The summed E-state index contributed by atoms with van der Waals surface area (Å²) in [4.78, 5) is 28.6. The zero-order valence-electron chi connectivity index (χ0n) is 14.6. The van der Waals surface area contributed by atoms with E-state index in [-0.39, 0.29) is 5.91 Å².